The van der Waals surface area contributed by atoms with Crippen LogP contribution in [0, 0.1) is 23.7 Å². The van der Waals surface area contributed by atoms with Gasteiger partial charge in [-0.05, 0) is 56.9 Å². The van der Waals surface area contributed by atoms with Crippen LogP contribution in [0.2, 0.25) is 0 Å². The zero-order valence-electron chi connectivity index (χ0n) is 13.2. The molecule has 0 unspecified atom stereocenters. The molecule has 4 nitrogen and oxygen atoms in total. The average Bonchev–Trinajstić information content (AvgIpc) is 3.32. The van der Waals surface area contributed by atoms with Gasteiger partial charge in [0.15, 0.2) is 0 Å². The molecular formula is C17H28N2O2. The van der Waals surface area contributed by atoms with Crippen LogP contribution >= 0.6 is 0 Å². The van der Waals surface area contributed by atoms with Crippen molar-refractivity contribution in [1.29, 1.82) is 0 Å². The van der Waals surface area contributed by atoms with E-state index >= 15 is 0 Å². The van der Waals surface area contributed by atoms with E-state index in [2.05, 4.69) is 16.8 Å². The predicted octanol–water partition coefficient (Wildman–Crippen LogP) is 1.60. The van der Waals surface area contributed by atoms with Gasteiger partial charge in [0.05, 0.1) is 12.7 Å². The van der Waals surface area contributed by atoms with Gasteiger partial charge in [0.2, 0.25) is 5.91 Å². The lowest BCUT2D eigenvalue weighted by molar-refractivity contribution is -0.141. The van der Waals surface area contributed by atoms with Crippen molar-refractivity contribution in [2.24, 2.45) is 23.7 Å². The molecule has 1 amide bonds. The molecule has 3 aliphatic carbocycles. The highest BCUT2D eigenvalue weighted by Gasteiger charge is 2.52. The van der Waals surface area contributed by atoms with E-state index in [9.17, 15) is 4.79 Å². The number of amides is 1. The van der Waals surface area contributed by atoms with E-state index in [1.54, 1.807) is 0 Å². The van der Waals surface area contributed by atoms with E-state index in [0.29, 0.717) is 18.4 Å². The molecule has 4 aliphatic rings. The van der Waals surface area contributed by atoms with E-state index in [0.717, 1.165) is 43.8 Å². The van der Waals surface area contributed by atoms with Gasteiger partial charge in [-0.1, -0.05) is 0 Å². The molecule has 21 heavy (non-hydrogen) atoms. The first kappa shape index (κ1) is 14.0. The standard InChI is InChI=1S/C17H28N2O2/c1-18(9-12-2-3-12)10-14-11-19(6-7-21-14)17(20)16-8-15(16)13-4-5-13/h12-16H,2-11H2,1H3/t14-,15+,16+/m1/s1. The maximum absolute atomic E-state index is 12.6. The number of hydrogen-bond acceptors (Lipinski definition) is 3. The Morgan fingerprint density at radius 3 is 2.76 bits per heavy atom. The minimum absolute atomic E-state index is 0.213. The Labute approximate surface area is 127 Å². The van der Waals surface area contributed by atoms with Crippen LogP contribution in [-0.2, 0) is 9.53 Å². The lowest BCUT2D eigenvalue weighted by Crippen LogP contribution is -2.50. The number of hydrogen-bond donors (Lipinski definition) is 0. The zero-order valence-corrected chi connectivity index (χ0v) is 13.2. The number of ether oxygens (including phenoxy) is 1. The highest BCUT2D eigenvalue weighted by molar-refractivity contribution is 5.82. The van der Waals surface area contributed by atoms with E-state index in [1.165, 1.54) is 32.2 Å². The molecule has 118 valence electrons. The molecule has 4 rings (SSSR count). The Kier molecular flexibility index (Phi) is 3.70. The maximum atomic E-state index is 12.6. The topological polar surface area (TPSA) is 32.8 Å². The fraction of sp³-hybridized carbons (Fsp3) is 0.941. The van der Waals surface area contributed by atoms with Crippen molar-refractivity contribution < 1.29 is 9.53 Å². The first-order valence-corrected chi connectivity index (χ1v) is 8.79. The molecule has 3 saturated carbocycles. The quantitative estimate of drug-likeness (QED) is 0.745. The number of morpholine rings is 1. The average molecular weight is 292 g/mol. The SMILES string of the molecule is CN(CC1CC1)C[C@@H]1CN(C(=O)[C@H]2C[C@H]2C2CC2)CCO1. The summed E-state index contributed by atoms with van der Waals surface area (Å²) < 4.78 is 5.88. The van der Waals surface area contributed by atoms with Gasteiger partial charge in [0, 0.05) is 32.1 Å². The van der Waals surface area contributed by atoms with Gasteiger partial charge >= 0.3 is 0 Å². The number of carbonyl (C=O) groups excluding carboxylic acids is 1. The Balaban J connectivity index is 1.25. The monoisotopic (exact) mass is 292 g/mol. The summed E-state index contributed by atoms with van der Waals surface area (Å²) in [4.78, 5) is 17.1. The Morgan fingerprint density at radius 1 is 1.24 bits per heavy atom. The number of likely N-dealkylation sites (N-methyl/N-ethyl adjacent to an activating group) is 1. The minimum Gasteiger partial charge on any atom is -0.373 e. The molecule has 3 atom stereocenters. The Hall–Kier alpha value is -0.610. The second-order valence-corrected chi connectivity index (χ2v) is 7.79. The summed E-state index contributed by atoms with van der Waals surface area (Å²) in [5.74, 6) is 3.32. The van der Waals surface area contributed by atoms with Gasteiger partial charge in [0.25, 0.3) is 0 Å². The Morgan fingerprint density at radius 2 is 2.05 bits per heavy atom. The molecule has 0 spiro atoms. The first-order chi connectivity index (χ1) is 10.2. The van der Waals surface area contributed by atoms with Gasteiger partial charge in [-0.25, -0.2) is 0 Å². The van der Waals surface area contributed by atoms with Gasteiger partial charge in [-0.2, -0.15) is 0 Å². The summed E-state index contributed by atoms with van der Waals surface area (Å²) in [7, 11) is 2.19. The number of nitrogens with zero attached hydrogens (tertiary/aromatic N) is 2. The number of carbonyl (C=O) groups is 1. The van der Waals surface area contributed by atoms with Crippen LogP contribution in [0.15, 0.2) is 0 Å². The molecule has 0 N–H and O–H groups in total. The van der Waals surface area contributed by atoms with E-state index in [4.69, 9.17) is 4.74 Å². The van der Waals surface area contributed by atoms with Crippen molar-refractivity contribution >= 4 is 5.91 Å². The highest BCUT2D eigenvalue weighted by Crippen LogP contribution is 2.54. The highest BCUT2D eigenvalue weighted by atomic mass is 16.5. The third-order valence-electron chi connectivity index (χ3n) is 5.62. The molecular weight excluding hydrogens is 264 g/mol. The van der Waals surface area contributed by atoms with Crippen LogP contribution in [0.25, 0.3) is 0 Å². The van der Waals surface area contributed by atoms with Crippen molar-refractivity contribution in [3.05, 3.63) is 0 Å². The summed E-state index contributed by atoms with van der Waals surface area (Å²) in [5, 5.41) is 0. The molecule has 0 aromatic rings. The molecule has 1 heterocycles. The fourth-order valence-electron chi connectivity index (χ4n) is 3.97. The van der Waals surface area contributed by atoms with Crippen LogP contribution in [0.4, 0.5) is 0 Å². The molecule has 0 bridgehead atoms. The van der Waals surface area contributed by atoms with Gasteiger partial charge < -0.3 is 14.5 Å². The van der Waals surface area contributed by atoms with Crippen molar-refractivity contribution in [2.45, 2.75) is 38.2 Å². The van der Waals surface area contributed by atoms with Crippen molar-refractivity contribution in [1.82, 2.24) is 9.80 Å². The summed E-state index contributed by atoms with van der Waals surface area (Å²) in [5.41, 5.74) is 0. The van der Waals surface area contributed by atoms with Crippen LogP contribution in [-0.4, -0.2) is 61.6 Å². The van der Waals surface area contributed by atoms with Crippen LogP contribution in [0.1, 0.15) is 32.1 Å². The minimum atomic E-state index is 0.213. The van der Waals surface area contributed by atoms with E-state index in [1.807, 2.05) is 0 Å². The third-order valence-corrected chi connectivity index (χ3v) is 5.62. The van der Waals surface area contributed by atoms with E-state index in [-0.39, 0.29) is 6.10 Å². The third kappa shape index (κ3) is 3.42. The van der Waals surface area contributed by atoms with Gasteiger partial charge in [-0.15, -0.1) is 0 Å². The van der Waals surface area contributed by atoms with Crippen molar-refractivity contribution in [3.8, 4) is 0 Å². The molecule has 4 heteroatoms. The summed E-state index contributed by atoms with van der Waals surface area (Å²) in [6, 6.07) is 0. The first-order valence-electron chi connectivity index (χ1n) is 8.79. The molecule has 0 aromatic heterocycles. The molecule has 0 aromatic carbocycles. The van der Waals surface area contributed by atoms with Crippen LogP contribution in [0.3, 0.4) is 0 Å². The second kappa shape index (κ2) is 5.54. The second-order valence-electron chi connectivity index (χ2n) is 7.79. The zero-order chi connectivity index (χ0) is 14.4. The lowest BCUT2D eigenvalue weighted by Gasteiger charge is -2.35. The normalized spacial score (nSPS) is 36.1. The summed E-state index contributed by atoms with van der Waals surface area (Å²) in [6.45, 7) is 4.49. The Bertz CT molecular complexity index is 406. The van der Waals surface area contributed by atoms with Gasteiger partial charge in [-0.3, -0.25) is 4.79 Å². The smallest absolute Gasteiger partial charge is 0.226 e. The predicted molar refractivity (Wildman–Crippen MR) is 80.9 cm³/mol. The van der Waals surface area contributed by atoms with Gasteiger partial charge in [0.1, 0.15) is 0 Å². The van der Waals surface area contributed by atoms with Crippen molar-refractivity contribution in [2.75, 3.05) is 39.8 Å². The maximum Gasteiger partial charge on any atom is 0.226 e. The van der Waals surface area contributed by atoms with Crippen molar-refractivity contribution in [3.63, 3.8) is 0 Å². The molecule has 1 saturated heterocycles. The number of rotatable bonds is 6. The fourth-order valence-corrected chi connectivity index (χ4v) is 3.97. The lowest BCUT2D eigenvalue weighted by atomic mass is 10.2. The van der Waals surface area contributed by atoms with E-state index < -0.39 is 0 Å². The summed E-state index contributed by atoms with van der Waals surface area (Å²) >= 11 is 0. The molecule has 0 radical (unpaired) electrons. The van der Waals surface area contributed by atoms with Crippen LogP contribution in [0.5, 0.6) is 0 Å². The largest absolute Gasteiger partial charge is 0.373 e. The summed E-state index contributed by atoms with van der Waals surface area (Å²) in [6.07, 6.45) is 6.89. The molecule has 4 fully saturated rings. The van der Waals surface area contributed by atoms with Crippen LogP contribution < -0.4 is 0 Å². The molecule has 1 aliphatic heterocycles.